The van der Waals surface area contributed by atoms with Gasteiger partial charge in [-0.1, -0.05) is 62.0 Å². The van der Waals surface area contributed by atoms with Crippen molar-refractivity contribution < 1.29 is 0 Å². The van der Waals surface area contributed by atoms with Crippen LogP contribution < -0.4 is 5.32 Å². The summed E-state index contributed by atoms with van der Waals surface area (Å²) in [7, 11) is 0. The van der Waals surface area contributed by atoms with Crippen molar-refractivity contribution in [3.05, 3.63) is 48.1 Å². The van der Waals surface area contributed by atoms with Gasteiger partial charge in [-0.05, 0) is 137 Å². The van der Waals surface area contributed by atoms with Gasteiger partial charge in [-0.25, -0.2) is 0 Å². The van der Waals surface area contributed by atoms with Gasteiger partial charge >= 0.3 is 0 Å². The van der Waals surface area contributed by atoms with Crippen molar-refractivity contribution in [3.8, 4) is 0 Å². The van der Waals surface area contributed by atoms with Crippen molar-refractivity contribution >= 4 is 6.21 Å². The summed E-state index contributed by atoms with van der Waals surface area (Å²) in [6.45, 7) is 7.01. The fraction of sp³-hybridized carbons (Fsp3) is 0.735. The van der Waals surface area contributed by atoms with Gasteiger partial charge in [0.1, 0.15) is 0 Å². The smallest absolute Gasteiger partial charge is 0.00173 e. The molecule has 2 nitrogen and oxygen atoms in total. The molecule has 0 radical (unpaired) electrons. The average molecular weight is 489 g/mol. The summed E-state index contributed by atoms with van der Waals surface area (Å²) in [6, 6.07) is 0. The minimum Gasteiger partial charge on any atom is -0.316 e. The van der Waals surface area contributed by atoms with Crippen molar-refractivity contribution in [2.45, 2.75) is 84.5 Å². The van der Waals surface area contributed by atoms with Gasteiger partial charge in [0.15, 0.2) is 0 Å². The van der Waals surface area contributed by atoms with E-state index in [9.17, 15) is 0 Å². The predicted molar refractivity (Wildman–Crippen MR) is 154 cm³/mol. The van der Waals surface area contributed by atoms with Crippen LogP contribution in [0.5, 0.6) is 0 Å². The van der Waals surface area contributed by atoms with Crippen molar-refractivity contribution in [3.63, 3.8) is 0 Å². The van der Waals surface area contributed by atoms with Crippen molar-refractivity contribution in [1.82, 2.24) is 5.32 Å². The van der Waals surface area contributed by atoms with Crippen molar-refractivity contribution in [2.75, 3.05) is 13.1 Å². The molecule has 2 heteroatoms. The van der Waals surface area contributed by atoms with Crippen LogP contribution >= 0.6 is 0 Å². The summed E-state index contributed by atoms with van der Waals surface area (Å²) in [5, 5.41) is 11.4. The summed E-state index contributed by atoms with van der Waals surface area (Å²) in [6.07, 6.45) is 34.5. The van der Waals surface area contributed by atoms with Gasteiger partial charge in [0.05, 0.1) is 0 Å². The van der Waals surface area contributed by atoms with Crippen LogP contribution in [0.3, 0.4) is 0 Å². The molecule has 1 fully saturated rings. The summed E-state index contributed by atoms with van der Waals surface area (Å²) in [5.41, 5.74) is 1.77. The second-order valence-electron chi connectivity index (χ2n) is 13.3. The molecule has 9 atom stereocenters. The molecule has 198 valence electrons. The Balaban J connectivity index is 1.09. The van der Waals surface area contributed by atoms with Crippen LogP contribution in [0.2, 0.25) is 0 Å². The molecule has 5 rings (SSSR count). The highest BCUT2D eigenvalue weighted by Crippen LogP contribution is 2.43. The van der Waals surface area contributed by atoms with Crippen LogP contribution in [0, 0.1) is 64.6 Å². The van der Waals surface area contributed by atoms with Gasteiger partial charge in [-0.15, -0.1) is 0 Å². The average Bonchev–Trinajstić information content (AvgIpc) is 3.47. The maximum absolute atomic E-state index is 7.89. The fourth-order valence-corrected chi connectivity index (χ4v) is 8.28. The summed E-state index contributed by atoms with van der Waals surface area (Å²) in [5.74, 6) is 7.25. The lowest BCUT2D eigenvalue weighted by Crippen LogP contribution is -2.26. The first-order chi connectivity index (χ1) is 17.6. The minimum atomic E-state index is 0.437. The molecule has 0 spiro atoms. The normalized spacial score (nSPS) is 39.8. The first kappa shape index (κ1) is 26.2. The Bertz CT molecular complexity index is 841. The molecule has 0 saturated carbocycles. The summed E-state index contributed by atoms with van der Waals surface area (Å²) >= 11 is 0. The van der Waals surface area contributed by atoms with E-state index < -0.39 is 0 Å². The number of allylic oxidation sites excluding steroid dienone is 7. The quantitative estimate of drug-likeness (QED) is 0.261. The Morgan fingerprint density at radius 3 is 1.86 bits per heavy atom. The fourth-order valence-electron chi connectivity index (χ4n) is 8.28. The van der Waals surface area contributed by atoms with Gasteiger partial charge in [0.25, 0.3) is 0 Å². The second-order valence-corrected chi connectivity index (χ2v) is 13.3. The first-order valence-electron chi connectivity index (χ1n) is 15.6. The highest BCUT2D eigenvalue weighted by atomic mass is 14.9. The van der Waals surface area contributed by atoms with E-state index in [0.717, 1.165) is 47.8 Å². The van der Waals surface area contributed by atoms with E-state index in [1.54, 1.807) is 11.8 Å². The highest BCUT2D eigenvalue weighted by Gasteiger charge is 2.32. The molecule has 1 saturated heterocycles. The third-order valence-corrected chi connectivity index (χ3v) is 10.6. The van der Waals surface area contributed by atoms with Gasteiger partial charge in [-0.3, -0.25) is 0 Å². The lowest BCUT2D eigenvalue weighted by atomic mass is 9.68. The molecule has 4 aliphatic carbocycles. The minimum absolute atomic E-state index is 0.437. The highest BCUT2D eigenvalue weighted by molar-refractivity contribution is 5.57. The molecule has 5 aliphatic rings. The Morgan fingerprint density at radius 1 is 0.806 bits per heavy atom. The second kappa shape index (κ2) is 12.4. The molecular weight excluding hydrogens is 436 g/mol. The zero-order valence-corrected chi connectivity index (χ0v) is 23.1. The van der Waals surface area contributed by atoms with Crippen LogP contribution in [0.25, 0.3) is 0 Å². The third kappa shape index (κ3) is 6.35. The van der Waals surface area contributed by atoms with Gasteiger partial charge in [0.2, 0.25) is 0 Å². The van der Waals surface area contributed by atoms with Crippen LogP contribution in [-0.2, 0) is 0 Å². The zero-order valence-electron chi connectivity index (χ0n) is 23.1. The molecule has 1 aliphatic heterocycles. The molecule has 6 unspecified atom stereocenters. The number of nitrogens with one attached hydrogen (secondary N) is 2. The Labute approximate surface area is 221 Å². The molecule has 0 amide bonds. The lowest BCUT2D eigenvalue weighted by Gasteiger charge is -2.37. The van der Waals surface area contributed by atoms with Crippen molar-refractivity contribution in [2.24, 2.45) is 59.2 Å². The summed E-state index contributed by atoms with van der Waals surface area (Å²) < 4.78 is 0. The molecule has 0 bridgehead atoms. The topological polar surface area (TPSA) is 35.9 Å². The Hall–Kier alpha value is -1.41. The van der Waals surface area contributed by atoms with E-state index in [2.05, 4.69) is 61.7 Å². The molecule has 2 N–H and O–H groups in total. The molecule has 0 aromatic rings. The maximum atomic E-state index is 7.89. The third-order valence-electron chi connectivity index (χ3n) is 10.6. The number of hydrogen-bond donors (Lipinski definition) is 2. The van der Waals surface area contributed by atoms with E-state index in [4.69, 9.17) is 5.41 Å². The largest absolute Gasteiger partial charge is 0.316 e. The molecule has 0 aromatic carbocycles. The van der Waals surface area contributed by atoms with E-state index in [0.29, 0.717) is 17.8 Å². The SMILES string of the molecule is CC(C)CC(C=N)[C@@H]1C=CC([C@@H]2C=CC([C@@H]3C=CC(C4CC=C(C5CCNC5)CC4)CC3)CC2)CC1. The van der Waals surface area contributed by atoms with E-state index >= 15 is 0 Å². The van der Waals surface area contributed by atoms with E-state index in [1.807, 2.05) is 0 Å². The van der Waals surface area contributed by atoms with Crippen LogP contribution in [-0.4, -0.2) is 19.3 Å². The van der Waals surface area contributed by atoms with Crippen LogP contribution in [0.4, 0.5) is 0 Å². The Kier molecular flexibility index (Phi) is 9.04. The molecule has 0 aromatic heterocycles. The van der Waals surface area contributed by atoms with E-state index in [-0.39, 0.29) is 0 Å². The molecule has 36 heavy (non-hydrogen) atoms. The zero-order chi connectivity index (χ0) is 24.9. The monoisotopic (exact) mass is 488 g/mol. The lowest BCUT2D eigenvalue weighted by molar-refractivity contribution is 0.261. The number of rotatable bonds is 8. The van der Waals surface area contributed by atoms with Gasteiger partial charge in [0, 0.05) is 12.5 Å². The first-order valence-corrected chi connectivity index (χ1v) is 15.6. The van der Waals surface area contributed by atoms with Gasteiger partial charge in [-0.2, -0.15) is 0 Å². The van der Waals surface area contributed by atoms with E-state index in [1.165, 1.54) is 77.3 Å². The predicted octanol–water partition coefficient (Wildman–Crippen LogP) is 8.38. The molecule has 1 heterocycles. The van der Waals surface area contributed by atoms with Crippen LogP contribution in [0.15, 0.2) is 48.1 Å². The van der Waals surface area contributed by atoms with Crippen molar-refractivity contribution in [1.29, 1.82) is 5.41 Å². The Morgan fingerprint density at radius 2 is 1.42 bits per heavy atom. The number of hydrogen-bond acceptors (Lipinski definition) is 2. The van der Waals surface area contributed by atoms with Gasteiger partial charge < -0.3 is 10.7 Å². The maximum Gasteiger partial charge on any atom is 0.00173 e. The van der Waals surface area contributed by atoms with Crippen LogP contribution in [0.1, 0.15) is 84.5 Å². The standard InChI is InChI=1S/C34H52N2/c1-24(2)21-34(22-35)32-17-13-30(14-18-32)28-9-5-26(6-10-28)25-3-7-27(8-4-25)29-11-15-31(16-12-29)33-19-20-36-23-33/h3,5,7,9,13,15,17,22,24-30,32-36H,4,6,8,10-12,14,16,18-21,23H2,1-2H3/t25-,26?,27?,28-,29?,30?,32-,33?,34?/m1/s1. The molecular formula is C34H52N2. The summed E-state index contributed by atoms with van der Waals surface area (Å²) in [4.78, 5) is 0.